The summed E-state index contributed by atoms with van der Waals surface area (Å²) in [6.45, 7) is 2.59. The number of piperidine rings is 1. The molecule has 3 N–H and O–H groups in total. The summed E-state index contributed by atoms with van der Waals surface area (Å²) in [4.78, 5) is 26.8. The lowest BCUT2D eigenvalue weighted by atomic mass is 10.00. The quantitative estimate of drug-likeness (QED) is 0.632. The number of aliphatic hydroxyl groups excluding tert-OH is 1. The third kappa shape index (κ3) is 3.36. The van der Waals surface area contributed by atoms with Gasteiger partial charge in [0.05, 0.1) is 6.61 Å². The van der Waals surface area contributed by atoms with Crippen LogP contribution in [0.5, 0.6) is 0 Å². The zero-order valence-electron chi connectivity index (χ0n) is 10.9. The smallest absolute Gasteiger partial charge is 0.328 e. The molecule has 0 radical (unpaired) electrons. The third-order valence-electron chi connectivity index (χ3n) is 3.90. The molecule has 0 aromatic heterocycles. The Labute approximate surface area is 112 Å². The minimum atomic E-state index is -1.23. The second kappa shape index (κ2) is 6.21. The molecular formula is C12H21N3O4. The van der Waals surface area contributed by atoms with Crippen molar-refractivity contribution in [2.45, 2.75) is 31.3 Å². The molecule has 2 saturated heterocycles. The van der Waals surface area contributed by atoms with Gasteiger partial charge in [0.15, 0.2) is 6.04 Å². The van der Waals surface area contributed by atoms with Crippen LogP contribution in [0.3, 0.4) is 0 Å². The van der Waals surface area contributed by atoms with E-state index < -0.39 is 24.6 Å². The number of nitrogens with zero attached hydrogens (tertiary/aromatic N) is 2. The van der Waals surface area contributed by atoms with Crippen LogP contribution in [0.4, 0.5) is 4.79 Å². The number of aliphatic carboxylic acids is 1. The minimum absolute atomic E-state index is 0.394. The molecule has 19 heavy (non-hydrogen) atoms. The number of hydrogen-bond donors (Lipinski definition) is 3. The van der Waals surface area contributed by atoms with Crippen molar-refractivity contribution in [1.82, 2.24) is 15.1 Å². The maximum atomic E-state index is 12.0. The Morgan fingerprint density at radius 1 is 1.26 bits per heavy atom. The molecule has 0 aromatic carbocycles. The predicted molar refractivity (Wildman–Crippen MR) is 67.8 cm³/mol. The molecule has 0 bridgehead atoms. The molecule has 0 aromatic rings. The fourth-order valence-corrected chi connectivity index (χ4v) is 2.77. The lowest BCUT2D eigenvalue weighted by molar-refractivity contribution is -0.140. The summed E-state index contributed by atoms with van der Waals surface area (Å²) in [5.74, 6) is -1.22. The topological polar surface area (TPSA) is 93.1 Å². The van der Waals surface area contributed by atoms with Gasteiger partial charge < -0.3 is 20.4 Å². The van der Waals surface area contributed by atoms with Gasteiger partial charge >= 0.3 is 12.0 Å². The van der Waals surface area contributed by atoms with Crippen LogP contribution in [-0.2, 0) is 4.79 Å². The largest absolute Gasteiger partial charge is 0.480 e. The Kier molecular flexibility index (Phi) is 4.60. The number of carbonyl (C=O) groups excluding carboxylic acids is 1. The van der Waals surface area contributed by atoms with Gasteiger partial charge in [-0.05, 0) is 19.4 Å². The number of hydrogen-bond acceptors (Lipinski definition) is 4. The molecule has 2 atom stereocenters. The number of rotatable bonds is 3. The number of urea groups is 1. The van der Waals surface area contributed by atoms with E-state index in [-0.39, 0.29) is 0 Å². The van der Waals surface area contributed by atoms with E-state index in [1.54, 1.807) is 4.90 Å². The van der Waals surface area contributed by atoms with Gasteiger partial charge in [0, 0.05) is 25.7 Å². The first-order chi connectivity index (χ1) is 9.11. The highest BCUT2D eigenvalue weighted by molar-refractivity contribution is 5.82. The van der Waals surface area contributed by atoms with Crippen LogP contribution in [0.2, 0.25) is 0 Å². The first kappa shape index (κ1) is 14.1. The Hall–Kier alpha value is -1.34. The molecule has 2 aliphatic rings. The summed E-state index contributed by atoms with van der Waals surface area (Å²) in [5, 5.41) is 20.1. The van der Waals surface area contributed by atoms with E-state index in [9.17, 15) is 9.59 Å². The Morgan fingerprint density at radius 2 is 2.05 bits per heavy atom. The highest BCUT2D eigenvalue weighted by atomic mass is 16.4. The van der Waals surface area contributed by atoms with Crippen molar-refractivity contribution < 1.29 is 19.8 Å². The third-order valence-corrected chi connectivity index (χ3v) is 3.90. The number of carboxylic acids is 1. The Balaban J connectivity index is 1.88. The van der Waals surface area contributed by atoms with E-state index in [1.807, 2.05) is 0 Å². The molecular weight excluding hydrogens is 250 g/mol. The summed E-state index contributed by atoms with van der Waals surface area (Å²) in [6.07, 6.45) is 3.49. The monoisotopic (exact) mass is 271 g/mol. The minimum Gasteiger partial charge on any atom is -0.480 e. The van der Waals surface area contributed by atoms with Crippen LogP contribution in [0, 0.1) is 0 Å². The van der Waals surface area contributed by atoms with Crippen LogP contribution >= 0.6 is 0 Å². The summed E-state index contributed by atoms with van der Waals surface area (Å²) < 4.78 is 0. The fraction of sp³-hybridized carbons (Fsp3) is 0.833. The molecule has 2 amide bonds. The number of nitrogens with one attached hydrogen (secondary N) is 1. The van der Waals surface area contributed by atoms with Gasteiger partial charge in [-0.2, -0.15) is 0 Å². The molecule has 108 valence electrons. The molecule has 7 nitrogen and oxygen atoms in total. The van der Waals surface area contributed by atoms with Crippen molar-refractivity contribution in [1.29, 1.82) is 0 Å². The maximum Gasteiger partial charge on any atom is 0.328 e. The molecule has 0 saturated carbocycles. The molecule has 0 aliphatic carbocycles. The average molecular weight is 271 g/mol. The highest BCUT2D eigenvalue weighted by Gasteiger charge is 2.32. The molecule has 2 fully saturated rings. The lowest BCUT2D eigenvalue weighted by Crippen LogP contribution is -2.59. The van der Waals surface area contributed by atoms with Gasteiger partial charge in [-0.3, -0.25) is 4.90 Å². The summed E-state index contributed by atoms with van der Waals surface area (Å²) in [5.41, 5.74) is 0. The van der Waals surface area contributed by atoms with Crippen LogP contribution < -0.4 is 5.32 Å². The van der Waals surface area contributed by atoms with Crippen LogP contribution in [0.25, 0.3) is 0 Å². The number of fused-ring (bicyclic) bond motifs is 1. The predicted octanol–water partition coefficient (Wildman–Crippen LogP) is -0.688. The number of carboxylic acid groups (broad SMARTS) is 1. The van der Waals surface area contributed by atoms with E-state index in [0.717, 1.165) is 19.5 Å². The SMILES string of the molecule is O=C(O)C(CO)NC(=O)N1CCN2CCCCC2C1. The van der Waals surface area contributed by atoms with Gasteiger partial charge in [0.2, 0.25) is 0 Å². The highest BCUT2D eigenvalue weighted by Crippen LogP contribution is 2.20. The lowest BCUT2D eigenvalue weighted by Gasteiger charge is -2.44. The zero-order valence-corrected chi connectivity index (χ0v) is 10.9. The zero-order chi connectivity index (χ0) is 13.8. The first-order valence-corrected chi connectivity index (χ1v) is 6.75. The molecule has 2 rings (SSSR count). The van der Waals surface area contributed by atoms with Crippen molar-refractivity contribution in [2.75, 3.05) is 32.8 Å². The van der Waals surface area contributed by atoms with E-state index >= 15 is 0 Å². The van der Waals surface area contributed by atoms with E-state index in [0.29, 0.717) is 19.1 Å². The molecule has 2 heterocycles. The second-order valence-corrected chi connectivity index (χ2v) is 5.15. The van der Waals surface area contributed by atoms with Crippen molar-refractivity contribution in [3.05, 3.63) is 0 Å². The van der Waals surface area contributed by atoms with E-state index in [4.69, 9.17) is 10.2 Å². The molecule has 0 spiro atoms. The van der Waals surface area contributed by atoms with Crippen LogP contribution in [0.15, 0.2) is 0 Å². The van der Waals surface area contributed by atoms with Crippen molar-refractivity contribution in [2.24, 2.45) is 0 Å². The van der Waals surface area contributed by atoms with Gasteiger partial charge in [0.1, 0.15) is 0 Å². The van der Waals surface area contributed by atoms with Crippen LogP contribution in [0.1, 0.15) is 19.3 Å². The average Bonchev–Trinajstić information content (AvgIpc) is 2.43. The summed E-state index contributed by atoms with van der Waals surface area (Å²) in [6, 6.07) is -1.23. The van der Waals surface area contributed by atoms with Gasteiger partial charge in [0.25, 0.3) is 0 Å². The van der Waals surface area contributed by atoms with Crippen molar-refractivity contribution >= 4 is 12.0 Å². The molecule has 2 unspecified atom stereocenters. The molecule has 7 heteroatoms. The maximum absolute atomic E-state index is 12.0. The fourth-order valence-electron chi connectivity index (χ4n) is 2.77. The standard InChI is InChI=1S/C12H21N3O4/c16-8-10(11(17)18)13-12(19)15-6-5-14-4-2-1-3-9(14)7-15/h9-10,16H,1-8H2,(H,13,19)(H,17,18). The normalized spacial score (nSPS) is 25.5. The Morgan fingerprint density at radius 3 is 2.74 bits per heavy atom. The number of aliphatic hydroxyl groups is 1. The Bertz CT molecular complexity index is 350. The first-order valence-electron chi connectivity index (χ1n) is 6.75. The van der Waals surface area contributed by atoms with Gasteiger partial charge in [-0.25, -0.2) is 9.59 Å². The number of piperazine rings is 1. The van der Waals surface area contributed by atoms with Crippen molar-refractivity contribution in [3.63, 3.8) is 0 Å². The van der Waals surface area contributed by atoms with Crippen LogP contribution in [-0.4, -0.2) is 76.9 Å². The van der Waals surface area contributed by atoms with E-state index in [2.05, 4.69) is 10.2 Å². The number of carbonyl (C=O) groups is 2. The molecule has 2 aliphatic heterocycles. The number of amides is 2. The second-order valence-electron chi connectivity index (χ2n) is 5.15. The van der Waals surface area contributed by atoms with Crippen molar-refractivity contribution in [3.8, 4) is 0 Å². The van der Waals surface area contributed by atoms with Gasteiger partial charge in [-0.1, -0.05) is 6.42 Å². The van der Waals surface area contributed by atoms with E-state index in [1.165, 1.54) is 12.8 Å². The summed E-state index contributed by atoms with van der Waals surface area (Å²) >= 11 is 0. The summed E-state index contributed by atoms with van der Waals surface area (Å²) in [7, 11) is 0. The van der Waals surface area contributed by atoms with Gasteiger partial charge in [-0.15, -0.1) is 0 Å².